The molecule has 1 aliphatic rings. The first-order valence-corrected chi connectivity index (χ1v) is 18.6. The number of hydrogen-bond acceptors (Lipinski definition) is 2. The van der Waals surface area contributed by atoms with Crippen molar-refractivity contribution in [3.05, 3.63) is 204 Å². The van der Waals surface area contributed by atoms with Gasteiger partial charge in [0.05, 0.1) is 16.7 Å². The Bertz CT molecular complexity index is 2690. The molecule has 3 nitrogen and oxygen atoms in total. The van der Waals surface area contributed by atoms with Gasteiger partial charge in [-0.2, -0.15) is 0 Å². The van der Waals surface area contributed by atoms with Crippen LogP contribution >= 0.6 is 0 Å². The van der Waals surface area contributed by atoms with E-state index in [0.717, 1.165) is 45.7 Å². The molecular weight excluding hydrogens is 655 g/mol. The fourth-order valence-corrected chi connectivity index (χ4v) is 7.73. The second-order valence-corrected chi connectivity index (χ2v) is 13.9. The van der Waals surface area contributed by atoms with E-state index in [0.29, 0.717) is 5.82 Å². The van der Waals surface area contributed by atoms with E-state index >= 15 is 0 Å². The predicted molar refractivity (Wildman–Crippen MR) is 229 cm³/mol. The molecular formula is C51H39N3. The summed E-state index contributed by atoms with van der Waals surface area (Å²) >= 11 is 0. The van der Waals surface area contributed by atoms with E-state index in [4.69, 9.17) is 9.97 Å². The van der Waals surface area contributed by atoms with E-state index in [9.17, 15) is 0 Å². The second-order valence-electron chi connectivity index (χ2n) is 13.9. The molecule has 9 rings (SSSR count). The average molecular weight is 694 g/mol. The van der Waals surface area contributed by atoms with Gasteiger partial charge in [0.25, 0.3) is 0 Å². The van der Waals surface area contributed by atoms with Crippen molar-refractivity contribution in [1.29, 1.82) is 0 Å². The number of rotatable bonds is 7. The van der Waals surface area contributed by atoms with Gasteiger partial charge in [0.2, 0.25) is 0 Å². The summed E-state index contributed by atoms with van der Waals surface area (Å²) in [4.78, 5) is 10.3. The van der Waals surface area contributed by atoms with Crippen LogP contribution in [0.1, 0.15) is 52.6 Å². The number of para-hydroxylation sites is 1. The quantitative estimate of drug-likeness (QED) is 0.156. The first-order valence-electron chi connectivity index (χ1n) is 18.6. The largest absolute Gasteiger partial charge is 0.294 e. The average Bonchev–Trinajstić information content (AvgIpc) is 3.56. The van der Waals surface area contributed by atoms with E-state index in [1.165, 1.54) is 44.2 Å². The third-order valence-corrected chi connectivity index (χ3v) is 10.5. The minimum absolute atomic E-state index is 0.216. The third-order valence-electron chi connectivity index (χ3n) is 10.5. The topological polar surface area (TPSA) is 30.7 Å². The van der Waals surface area contributed by atoms with Crippen LogP contribution in [0.4, 0.5) is 0 Å². The van der Waals surface area contributed by atoms with Crippen LogP contribution in [-0.4, -0.2) is 14.5 Å². The number of aromatic nitrogens is 3. The highest BCUT2D eigenvalue weighted by Gasteiger charge is 2.20. The normalized spacial score (nSPS) is 15.4. The molecule has 258 valence electrons. The molecule has 0 N–H and O–H groups in total. The molecule has 54 heavy (non-hydrogen) atoms. The van der Waals surface area contributed by atoms with Gasteiger partial charge >= 0.3 is 0 Å². The SMILES string of the molecule is C=Cc1cc(C2/C=C/c3c(ccc4c3c3ccccc3n4-c3cc(-c4ccccc4)nc(-c4ccccc4)n3)/C=C\C2)ccc1/C=C(\C)c1ccccc1. The van der Waals surface area contributed by atoms with Gasteiger partial charge in [-0.1, -0.05) is 176 Å². The second kappa shape index (κ2) is 14.3. The Kier molecular flexibility index (Phi) is 8.74. The highest BCUT2D eigenvalue weighted by molar-refractivity contribution is 6.14. The number of hydrogen-bond donors (Lipinski definition) is 0. The lowest BCUT2D eigenvalue weighted by molar-refractivity contribution is 0.868. The Balaban J connectivity index is 1.16. The van der Waals surface area contributed by atoms with Crippen molar-refractivity contribution >= 4 is 51.7 Å². The first kappa shape index (κ1) is 33.0. The van der Waals surface area contributed by atoms with E-state index in [-0.39, 0.29) is 5.92 Å². The molecule has 1 atom stereocenters. The smallest absolute Gasteiger partial charge is 0.162 e. The van der Waals surface area contributed by atoms with Gasteiger partial charge in [0.15, 0.2) is 5.82 Å². The minimum Gasteiger partial charge on any atom is -0.294 e. The van der Waals surface area contributed by atoms with E-state index < -0.39 is 0 Å². The summed E-state index contributed by atoms with van der Waals surface area (Å²) in [6.45, 7) is 6.35. The first-order chi connectivity index (χ1) is 26.6. The molecule has 0 saturated heterocycles. The van der Waals surface area contributed by atoms with E-state index in [1.54, 1.807) is 0 Å². The zero-order valence-corrected chi connectivity index (χ0v) is 30.2. The van der Waals surface area contributed by atoms with Gasteiger partial charge in [-0.25, -0.2) is 9.97 Å². The van der Waals surface area contributed by atoms with Crippen molar-refractivity contribution < 1.29 is 0 Å². The summed E-state index contributed by atoms with van der Waals surface area (Å²) in [5, 5.41) is 2.41. The lowest BCUT2D eigenvalue weighted by atomic mass is 9.88. The fraction of sp³-hybridized carbons (Fsp3) is 0.0588. The maximum Gasteiger partial charge on any atom is 0.162 e. The molecule has 0 spiro atoms. The number of allylic oxidation sites excluding steroid dienone is 3. The van der Waals surface area contributed by atoms with Crippen molar-refractivity contribution in [2.45, 2.75) is 19.3 Å². The highest BCUT2D eigenvalue weighted by atomic mass is 15.1. The summed E-state index contributed by atoms with van der Waals surface area (Å²) in [5.41, 5.74) is 13.6. The summed E-state index contributed by atoms with van der Waals surface area (Å²) < 4.78 is 2.30. The molecule has 0 bridgehead atoms. The molecule has 3 heteroatoms. The fourth-order valence-electron chi connectivity index (χ4n) is 7.73. The van der Waals surface area contributed by atoms with Crippen LogP contribution in [0.2, 0.25) is 0 Å². The van der Waals surface area contributed by atoms with Crippen molar-refractivity contribution in [3.63, 3.8) is 0 Å². The zero-order valence-electron chi connectivity index (χ0n) is 30.2. The lowest BCUT2D eigenvalue weighted by Crippen LogP contribution is -2.02. The Hall–Kier alpha value is -6.84. The molecule has 2 heterocycles. The molecule has 1 unspecified atom stereocenters. The van der Waals surface area contributed by atoms with Crippen LogP contribution < -0.4 is 0 Å². The number of benzene rings is 6. The van der Waals surface area contributed by atoms with E-state index in [1.807, 2.05) is 30.3 Å². The monoisotopic (exact) mass is 693 g/mol. The molecule has 6 aromatic carbocycles. The van der Waals surface area contributed by atoms with Gasteiger partial charge in [0, 0.05) is 33.9 Å². The van der Waals surface area contributed by atoms with Gasteiger partial charge in [-0.05, 0) is 64.4 Å². The van der Waals surface area contributed by atoms with Crippen LogP contribution in [0.15, 0.2) is 170 Å². The van der Waals surface area contributed by atoms with Crippen molar-refractivity contribution in [2.24, 2.45) is 0 Å². The molecule has 2 aromatic heterocycles. The highest BCUT2D eigenvalue weighted by Crippen LogP contribution is 2.39. The van der Waals surface area contributed by atoms with Crippen LogP contribution in [0.25, 0.3) is 80.1 Å². The summed E-state index contributed by atoms with van der Waals surface area (Å²) in [6, 6.07) is 53.3. The molecule has 8 aromatic rings. The lowest BCUT2D eigenvalue weighted by Gasteiger charge is -2.17. The van der Waals surface area contributed by atoms with Crippen LogP contribution in [-0.2, 0) is 0 Å². The number of fused-ring (bicyclic) bond motifs is 5. The Morgan fingerprint density at radius 2 is 1.41 bits per heavy atom. The van der Waals surface area contributed by atoms with Gasteiger partial charge in [0.1, 0.15) is 5.82 Å². The third kappa shape index (κ3) is 6.20. The summed E-state index contributed by atoms with van der Waals surface area (Å²) in [5.74, 6) is 1.75. The van der Waals surface area contributed by atoms with Crippen molar-refractivity contribution in [2.75, 3.05) is 0 Å². The van der Waals surface area contributed by atoms with Crippen LogP contribution in [0.5, 0.6) is 0 Å². The van der Waals surface area contributed by atoms with Crippen molar-refractivity contribution in [3.8, 4) is 28.5 Å². The van der Waals surface area contributed by atoms with E-state index in [2.05, 4.69) is 176 Å². The van der Waals surface area contributed by atoms with Crippen molar-refractivity contribution in [1.82, 2.24) is 14.5 Å². The summed E-state index contributed by atoms with van der Waals surface area (Å²) in [6.07, 6.45) is 14.5. The predicted octanol–water partition coefficient (Wildman–Crippen LogP) is 13.3. The molecule has 0 saturated carbocycles. The molecule has 1 aliphatic carbocycles. The van der Waals surface area contributed by atoms with Gasteiger partial charge in [-0.3, -0.25) is 4.57 Å². The molecule has 0 radical (unpaired) electrons. The van der Waals surface area contributed by atoms with Gasteiger partial charge < -0.3 is 0 Å². The van der Waals surface area contributed by atoms with Crippen LogP contribution in [0.3, 0.4) is 0 Å². The van der Waals surface area contributed by atoms with Crippen LogP contribution in [0, 0.1) is 0 Å². The Morgan fingerprint density at radius 1 is 0.685 bits per heavy atom. The Morgan fingerprint density at radius 3 is 2.19 bits per heavy atom. The molecule has 0 fully saturated rings. The Labute approximate surface area is 316 Å². The zero-order chi connectivity index (χ0) is 36.4. The molecule has 0 aliphatic heterocycles. The molecule has 0 amide bonds. The minimum atomic E-state index is 0.216. The number of nitrogens with zero attached hydrogens (tertiary/aromatic N) is 3. The maximum atomic E-state index is 5.24. The standard InChI is InChI=1S/C51H39N3/c1-3-36-33-43(27-26-42(36)32-35(2)37-16-7-4-8-17-37)38-22-15-23-39-29-31-48-50(44(39)30-28-38)45-24-13-14-25-47(45)54(48)49-34-46(40-18-9-5-10-19-40)52-51(53-49)41-20-11-6-12-21-41/h3-21,23-34,38H,1,22H2,2H3/b23-15-,30-28+,35-32+. The maximum absolute atomic E-state index is 5.24. The van der Waals surface area contributed by atoms with Gasteiger partial charge in [-0.15, -0.1) is 0 Å². The summed E-state index contributed by atoms with van der Waals surface area (Å²) in [7, 11) is 0.